The molecule has 0 fully saturated rings. The molecule has 184 valence electrons. The van der Waals surface area contributed by atoms with E-state index in [0.717, 1.165) is 0 Å². The Labute approximate surface area is 184 Å². The number of amides is 4. The van der Waals surface area contributed by atoms with Gasteiger partial charge in [0.1, 0.15) is 12.1 Å². The van der Waals surface area contributed by atoms with Crippen LogP contribution in [0.15, 0.2) is 0 Å². The van der Waals surface area contributed by atoms with Gasteiger partial charge in [-0.05, 0) is 0 Å². The summed E-state index contributed by atoms with van der Waals surface area (Å²) < 4.78 is 0. The number of hydrogen-bond donors (Lipinski definition) is 9. The molecular formula is C16H23N5O12. The lowest BCUT2D eigenvalue weighted by Crippen LogP contribution is -2.53. The van der Waals surface area contributed by atoms with Crippen LogP contribution in [0.1, 0.15) is 19.3 Å². The summed E-state index contributed by atoms with van der Waals surface area (Å²) in [5, 5.41) is 42.7. The molecular weight excluding hydrogens is 454 g/mol. The van der Waals surface area contributed by atoms with E-state index in [-0.39, 0.29) is 0 Å². The standard InChI is InChI=1S/C16H23N5O12/c17-6(1-11(24)25)14(30)18-4-9(22)20-7(2-12(26)27)15(31)19-5-10(23)21-8(16(32)33)3-13(28)29/h6-8H,1-5,17H2,(H,18,30)(H,19,31)(H,20,22)(H,21,23)(H,24,25)(H,26,27)(H,28,29)(H,32,33). The molecule has 0 aliphatic carbocycles. The monoisotopic (exact) mass is 477 g/mol. The van der Waals surface area contributed by atoms with Crippen LogP contribution in [0.25, 0.3) is 0 Å². The fourth-order valence-electron chi connectivity index (χ4n) is 2.12. The van der Waals surface area contributed by atoms with Crippen LogP contribution in [0.2, 0.25) is 0 Å². The highest BCUT2D eigenvalue weighted by Gasteiger charge is 2.26. The minimum atomic E-state index is -1.78. The van der Waals surface area contributed by atoms with Crippen molar-refractivity contribution in [3.8, 4) is 0 Å². The highest BCUT2D eigenvalue weighted by Crippen LogP contribution is 1.95. The van der Waals surface area contributed by atoms with Gasteiger partial charge in [0, 0.05) is 0 Å². The largest absolute Gasteiger partial charge is 0.481 e. The highest BCUT2D eigenvalue weighted by molar-refractivity contribution is 5.95. The van der Waals surface area contributed by atoms with Gasteiger partial charge in [0.25, 0.3) is 0 Å². The van der Waals surface area contributed by atoms with Gasteiger partial charge in [-0.15, -0.1) is 0 Å². The van der Waals surface area contributed by atoms with Crippen LogP contribution in [-0.2, 0) is 38.4 Å². The Hall–Kier alpha value is -4.28. The third-order valence-corrected chi connectivity index (χ3v) is 3.62. The lowest BCUT2D eigenvalue weighted by Gasteiger charge is -2.18. The predicted octanol–water partition coefficient (Wildman–Crippen LogP) is -4.98. The topological polar surface area (TPSA) is 292 Å². The number of carboxylic acid groups (broad SMARTS) is 4. The van der Waals surface area contributed by atoms with E-state index in [9.17, 15) is 38.4 Å². The molecule has 0 aliphatic heterocycles. The van der Waals surface area contributed by atoms with Crippen molar-refractivity contribution in [2.45, 2.75) is 37.4 Å². The number of nitrogens with one attached hydrogen (secondary N) is 4. The second-order valence-electron chi connectivity index (χ2n) is 6.41. The molecule has 10 N–H and O–H groups in total. The van der Waals surface area contributed by atoms with Crippen molar-refractivity contribution in [2.24, 2.45) is 5.73 Å². The van der Waals surface area contributed by atoms with Gasteiger partial charge in [-0.25, -0.2) is 4.79 Å². The summed E-state index contributed by atoms with van der Waals surface area (Å²) in [5.74, 6) is -10.3. The maximum atomic E-state index is 12.1. The molecule has 0 aromatic rings. The minimum Gasteiger partial charge on any atom is -0.481 e. The maximum absolute atomic E-state index is 12.1. The molecule has 3 unspecified atom stereocenters. The molecule has 33 heavy (non-hydrogen) atoms. The average molecular weight is 477 g/mol. The van der Waals surface area contributed by atoms with Crippen molar-refractivity contribution < 1.29 is 58.8 Å². The van der Waals surface area contributed by atoms with Gasteiger partial charge in [-0.3, -0.25) is 33.6 Å². The summed E-state index contributed by atoms with van der Waals surface area (Å²) in [5.41, 5.74) is 5.29. The van der Waals surface area contributed by atoms with E-state index in [0.29, 0.717) is 0 Å². The number of carboxylic acids is 4. The molecule has 0 aromatic carbocycles. The van der Waals surface area contributed by atoms with E-state index >= 15 is 0 Å². The van der Waals surface area contributed by atoms with E-state index in [1.54, 1.807) is 0 Å². The molecule has 17 heteroatoms. The van der Waals surface area contributed by atoms with Gasteiger partial charge < -0.3 is 47.4 Å². The molecule has 0 aliphatic rings. The Balaban J connectivity index is 4.83. The summed E-state index contributed by atoms with van der Waals surface area (Å²) in [4.78, 5) is 90.3. The number of hydrogen-bond acceptors (Lipinski definition) is 9. The summed E-state index contributed by atoms with van der Waals surface area (Å²) >= 11 is 0. The molecule has 0 heterocycles. The molecule has 0 aromatic heterocycles. The molecule has 17 nitrogen and oxygen atoms in total. The Kier molecular flexibility index (Phi) is 12.1. The molecule has 3 atom stereocenters. The van der Waals surface area contributed by atoms with E-state index < -0.39 is 98.0 Å². The molecule has 0 bridgehead atoms. The summed E-state index contributed by atoms with van der Waals surface area (Å²) in [7, 11) is 0. The van der Waals surface area contributed by atoms with Gasteiger partial charge >= 0.3 is 23.9 Å². The molecule has 4 amide bonds. The first-order chi connectivity index (χ1) is 15.2. The number of carbonyl (C=O) groups is 8. The maximum Gasteiger partial charge on any atom is 0.326 e. The van der Waals surface area contributed by atoms with Crippen molar-refractivity contribution in [1.29, 1.82) is 0 Å². The number of rotatable bonds is 15. The Bertz CT molecular complexity index is 814. The smallest absolute Gasteiger partial charge is 0.326 e. The zero-order valence-electron chi connectivity index (χ0n) is 16.9. The van der Waals surface area contributed by atoms with Crippen LogP contribution >= 0.6 is 0 Å². The molecule has 0 rings (SSSR count). The molecule has 0 radical (unpaired) electrons. The normalized spacial score (nSPS) is 12.9. The summed E-state index contributed by atoms with van der Waals surface area (Å²) in [6.45, 7) is -1.64. The third-order valence-electron chi connectivity index (χ3n) is 3.62. The Morgan fingerprint density at radius 1 is 0.606 bits per heavy atom. The van der Waals surface area contributed by atoms with Gasteiger partial charge in [-0.1, -0.05) is 0 Å². The Morgan fingerprint density at radius 2 is 1.00 bits per heavy atom. The first-order valence-electron chi connectivity index (χ1n) is 9.00. The lowest BCUT2D eigenvalue weighted by molar-refractivity contribution is -0.147. The molecule has 0 spiro atoms. The summed E-state index contributed by atoms with van der Waals surface area (Å²) in [6.07, 6.45) is -2.58. The van der Waals surface area contributed by atoms with Crippen molar-refractivity contribution in [2.75, 3.05) is 13.1 Å². The first kappa shape index (κ1) is 28.7. The van der Waals surface area contributed by atoms with Crippen molar-refractivity contribution in [3.05, 3.63) is 0 Å². The van der Waals surface area contributed by atoms with Crippen LogP contribution in [0.4, 0.5) is 0 Å². The SMILES string of the molecule is NC(CC(=O)O)C(=O)NCC(=O)NC(CC(=O)O)C(=O)NCC(=O)NC(CC(=O)O)C(=O)O. The fraction of sp³-hybridized carbons (Fsp3) is 0.500. The third kappa shape index (κ3) is 12.9. The van der Waals surface area contributed by atoms with Gasteiger partial charge in [0.15, 0.2) is 0 Å². The quantitative estimate of drug-likeness (QED) is 0.107. The van der Waals surface area contributed by atoms with Crippen LogP contribution in [0, 0.1) is 0 Å². The second kappa shape index (κ2) is 13.9. The lowest BCUT2D eigenvalue weighted by atomic mass is 10.2. The van der Waals surface area contributed by atoms with Gasteiger partial charge in [-0.2, -0.15) is 0 Å². The second-order valence-corrected chi connectivity index (χ2v) is 6.41. The minimum absolute atomic E-state index is 0.714. The predicted molar refractivity (Wildman–Crippen MR) is 102 cm³/mol. The Morgan fingerprint density at radius 3 is 1.42 bits per heavy atom. The number of carbonyl (C=O) groups excluding carboxylic acids is 4. The van der Waals surface area contributed by atoms with E-state index in [4.69, 9.17) is 26.2 Å². The van der Waals surface area contributed by atoms with Crippen molar-refractivity contribution in [1.82, 2.24) is 21.3 Å². The van der Waals surface area contributed by atoms with Gasteiger partial charge in [0.2, 0.25) is 23.6 Å². The van der Waals surface area contributed by atoms with Crippen LogP contribution in [0.3, 0.4) is 0 Å². The number of aliphatic carboxylic acids is 4. The van der Waals surface area contributed by atoms with E-state index in [1.165, 1.54) is 0 Å². The highest BCUT2D eigenvalue weighted by atomic mass is 16.4. The van der Waals surface area contributed by atoms with Crippen LogP contribution in [-0.4, -0.2) is 99.1 Å². The molecule has 0 saturated heterocycles. The zero-order chi connectivity index (χ0) is 25.7. The van der Waals surface area contributed by atoms with Crippen LogP contribution < -0.4 is 27.0 Å². The average Bonchev–Trinajstić information content (AvgIpc) is 2.67. The fourth-order valence-corrected chi connectivity index (χ4v) is 2.12. The van der Waals surface area contributed by atoms with Crippen LogP contribution in [0.5, 0.6) is 0 Å². The zero-order valence-corrected chi connectivity index (χ0v) is 16.9. The molecule has 0 saturated carbocycles. The summed E-state index contributed by atoms with van der Waals surface area (Å²) in [6, 6.07) is -4.94. The van der Waals surface area contributed by atoms with E-state index in [2.05, 4.69) is 0 Å². The number of nitrogens with two attached hydrogens (primary N) is 1. The van der Waals surface area contributed by atoms with Gasteiger partial charge in [0.05, 0.1) is 38.4 Å². The van der Waals surface area contributed by atoms with Crippen molar-refractivity contribution in [3.63, 3.8) is 0 Å². The van der Waals surface area contributed by atoms with Crippen molar-refractivity contribution >= 4 is 47.5 Å². The first-order valence-corrected chi connectivity index (χ1v) is 9.00. The van der Waals surface area contributed by atoms with E-state index in [1.807, 2.05) is 21.3 Å².